The van der Waals surface area contributed by atoms with Gasteiger partial charge in [-0.25, -0.2) is 9.59 Å². The number of carboxylic acids is 1. The molecule has 0 saturated carbocycles. The summed E-state index contributed by atoms with van der Waals surface area (Å²) in [5.41, 5.74) is 0.813. The number of hydrogen-bond donors (Lipinski definition) is 2. The van der Waals surface area contributed by atoms with Gasteiger partial charge in [0.05, 0.1) is 30.0 Å². The van der Waals surface area contributed by atoms with Crippen molar-refractivity contribution in [2.24, 2.45) is 0 Å². The summed E-state index contributed by atoms with van der Waals surface area (Å²) in [7, 11) is 0. The van der Waals surface area contributed by atoms with Crippen LogP contribution in [0.1, 0.15) is 34.2 Å². The fraction of sp³-hybridized carbons (Fsp3) is 0.154. The van der Waals surface area contributed by atoms with Crippen LogP contribution >= 0.6 is 11.6 Å². The van der Waals surface area contributed by atoms with Crippen molar-refractivity contribution in [3.63, 3.8) is 0 Å². The van der Waals surface area contributed by atoms with E-state index >= 15 is 0 Å². The van der Waals surface area contributed by atoms with Crippen molar-refractivity contribution in [2.75, 3.05) is 6.61 Å². The van der Waals surface area contributed by atoms with E-state index in [-0.39, 0.29) is 47.4 Å². The van der Waals surface area contributed by atoms with E-state index in [2.05, 4.69) is 5.32 Å². The first-order valence-electron chi connectivity index (χ1n) is 11.1. The van der Waals surface area contributed by atoms with Gasteiger partial charge in [-0.1, -0.05) is 23.7 Å². The smallest absolute Gasteiger partial charge is 0.335 e. The van der Waals surface area contributed by atoms with Crippen LogP contribution in [0.3, 0.4) is 0 Å². The Bertz CT molecular complexity index is 1400. The van der Waals surface area contributed by atoms with E-state index < -0.39 is 23.8 Å². The Balaban J connectivity index is 1.61. The first-order chi connectivity index (χ1) is 17.8. The van der Waals surface area contributed by atoms with E-state index in [0.29, 0.717) is 16.9 Å². The monoisotopic (exact) mass is 524 g/mol. The molecule has 0 unspecified atom stereocenters. The van der Waals surface area contributed by atoms with Gasteiger partial charge in [0.2, 0.25) is 0 Å². The van der Waals surface area contributed by atoms with Gasteiger partial charge < -0.3 is 19.0 Å². The third kappa shape index (κ3) is 5.81. The second-order valence-electron chi connectivity index (χ2n) is 7.85. The Kier molecular flexibility index (Phi) is 7.59. The second kappa shape index (κ2) is 11.0. The minimum Gasteiger partial charge on any atom is -0.490 e. The Labute approximate surface area is 216 Å². The molecule has 1 fully saturated rings. The van der Waals surface area contributed by atoms with Crippen LogP contribution in [0.5, 0.6) is 11.5 Å². The van der Waals surface area contributed by atoms with Crippen LogP contribution in [0, 0.1) is 0 Å². The van der Waals surface area contributed by atoms with Crippen molar-refractivity contribution in [2.45, 2.75) is 20.1 Å². The van der Waals surface area contributed by atoms with Crippen LogP contribution in [-0.4, -0.2) is 40.4 Å². The number of halogens is 1. The molecule has 1 aromatic heterocycles. The number of imide groups is 2. The maximum absolute atomic E-state index is 13.0. The van der Waals surface area contributed by atoms with Gasteiger partial charge in [-0.15, -0.1) is 0 Å². The largest absolute Gasteiger partial charge is 0.490 e. The number of aromatic carboxylic acids is 1. The summed E-state index contributed by atoms with van der Waals surface area (Å²) in [4.78, 5) is 49.8. The molecular weight excluding hydrogens is 504 g/mol. The molecule has 1 saturated heterocycles. The van der Waals surface area contributed by atoms with E-state index in [1.54, 1.807) is 37.3 Å². The summed E-state index contributed by atoms with van der Waals surface area (Å²) in [6, 6.07) is 11.7. The van der Waals surface area contributed by atoms with Crippen molar-refractivity contribution in [3.8, 4) is 11.5 Å². The fourth-order valence-electron chi connectivity index (χ4n) is 3.59. The lowest BCUT2D eigenvalue weighted by Crippen LogP contribution is -2.53. The van der Waals surface area contributed by atoms with Crippen LogP contribution in [0.2, 0.25) is 5.02 Å². The number of urea groups is 1. The van der Waals surface area contributed by atoms with Crippen molar-refractivity contribution in [3.05, 3.63) is 87.8 Å². The molecule has 2 N–H and O–H groups in total. The Hall–Kier alpha value is -4.57. The van der Waals surface area contributed by atoms with Gasteiger partial charge >= 0.3 is 12.0 Å². The molecule has 1 aliphatic rings. The SMILES string of the molecule is CCOc1cc(/C=C2\C(=O)NC(=O)N(Cc3ccco3)C2=O)cc(Cl)c1OCc1cccc(C(=O)O)c1. The highest BCUT2D eigenvalue weighted by Gasteiger charge is 2.36. The average Bonchev–Trinajstić information content (AvgIpc) is 3.37. The number of rotatable bonds is 9. The second-order valence-corrected chi connectivity index (χ2v) is 8.25. The number of amides is 4. The third-order valence-corrected chi connectivity index (χ3v) is 5.56. The maximum Gasteiger partial charge on any atom is 0.335 e. The normalized spacial score (nSPS) is 14.6. The molecule has 37 heavy (non-hydrogen) atoms. The van der Waals surface area contributed by atoms with E-state index in [0.717, 1.165) is 4.90 Å². The van der Waals surface area contributed by atoms with E-state index in [1.165, 1.54) is 30.5 Å². The summed E-state index contributed by atoms with van der Waals surface area (Å²) in [5.74, 6) is -1.87. The number of carbonyl (C=O) groups excluding carboxylic acids is 3. The van der Waals surface area contributed by atoms with Crippen LogP contribution in [-0.2, 0) is 22.7 Å². The zero-order chi connectivity index (χ0) is 26.5. The van der Waals surface area contributed by atoms with Gasteiger partial charge in [0, 0.05) is 0 Å². The van der Waals surface area contributed by atoms with Crippen LogP contribution in [0.15, 0.2) is 64.8 Å². The number of carbonyl (C=O) groups is 4. The molecule has 2 heterocycles. The number of benzene rings is 2. The Morgan fingerprint density at radius 2 is 1.95 bits per heavy atom. The first-order valence-corrected chi connectivity index (χ1v) is 11.5. The lowest BCUT2D eigenvalue weighted by molar-refractivity contribution is -0.130. The van der Waals surface area contributed by atoms with Crippen LogP contribution in [0.25, 0.3) is 6.08 Å². The standard InChI is InChI=1S/C26H21ClN2O8/c1-2-35-21-12-16(11-20(27)22(21)37-14-15-5-3-6-17(9-15)25(32)33)10-19-23(30)28-26(34)29(24(19)31)13-18-7-4-8-36-18/h3-12H,2,13-14H2,1H3,(H,32,33)(H,28,30,34)/b19-10+. The van der Waals surface area contributed by atoms with Crippen LogP contribution in [0.4, 0.5) is 4.79 Å². The minimum atomic E-state index is -1.06. The Morgan fingerprint density at radius 3 is 2.65 bits per heavy atom. The molecule has 0 aliphatic carbocycles. The molecule has 0 atom stereocenters. The van der Waals surface area contributed by atoms with Crippen LogP contribution < -0.4 is 14.8 Å². The number of hydrogen-bond acceptors (Lipinski definition) is 7. The molecule has 11 heteroatoms. The summed E-state index contributed by atoms with van der Waals surface area (Å²) < 4.78 is 16.7. The molecular formula is C26H21ClN2O8. The number of furan rings is 1. The zero-order valence-corrected chi connectivity index (χ0v) is 20.3. The average molecular weight is 525 g/mol. The molecule has 1 aliphatic heterocycles. The third-order valence-electron chi connectivity index (χ3n) is 5.28. The first kappa shape index (κ1) is 25.5. The Morgan fingerprint density at radius 1 is 1.14 bits per heavy atom. The molecule has 190 valence electrons. The van der Waals surface area contributed by atoms with Gasteiger partial charge in [-0.3, -0.25) is 19.8 Å². The van der Waals surface area contributed by atoms with Crippen molar-refractivity contribution >= 4 is 41.5 Å². The molecule has 10 nitrogen and oxygen atoms in total. The quantitative estimate of drug-likeness (QED) is 0.313. The van der Waals surface area contributed by atoms with Gasteiger partial charge in [-0.2, -0.15) is 0 Å². The number of barbiturate groups is 1. The van der Waals surface area contributed by atoms with Gasteiger partial charge in [0.25, 0.3) is 11.8 Å². The van der Waals surface area contributed by atoms with Gasteiger partial charge in [0.1, 0.15) is 17.9 Å². The maximum atomic E-state index is 13.0. The number of nitrogens with one attached hydrogen (secondary N) is 1. The molecule has 0 bridgehead atoms. The summed E-state index contributed by atoms with van der Waals surface area (Å²) in [5, 5.41) is 11.5. The minimum absolute atomic E-state index is 0.0199. The lowest BCUT2D eigenvalue weighted by atomic mass is 10.1. The van der Waals surface area contributed by atoms with E-state index in [9.17, 15) is 24.3 Å². The predicted molar refractivity (Wildman–Crippen MR) is 131 cm³/mol. The number of nitrogens with zero attached hydrogens (tertiary/aromatic N) is 1. The highest BCUT2D eigenvalue weighted by molar-refractivity contribution is 6.33. The zero-order valence-electron chi connectivity index (χ0n) is 19.5. The van der Waals surface area contributed by atoms with E-state index in [4.69, 9.17) is 25.5 Å². The van der Waals surface area contributed by atoms with Crippen molar-refractivity contribution in [1.82, 2.24) is 10.2 Å². The summed E-state index contributed by atoms with van der Waals surface area (Å²) in [6.45, 7) is 1.90. The molecule has 3 aromatic rings. The van der Waals surface area contributed by atoms with Crippen molar-refractivity contribution in [1.29, 1.82) is 0 Å². The highest BCUT2D eigenvalue weighted by Crippen LogP contribution is 2.38. The lowest BCUT2D eigenvalue weighted by Gasteiger charge is -2.25. The fourth-order valence-corrected chi connectivity index (χ4v) is 3.86. The number of carboxylic acid groups (broad SMARTS) is 1. The van der Waals surface area contributed by atoms with Gasteiger partial charge in [0.15, 0.2) is 11.5 Å². The molecule has 4 amide bonds. The molecule has 2 aromatic carbocycles. The predicted octanol–water partition coefficient (Wildman–Crippen LogP) is 4.27. The molecule has 0 radical (unpaired) electrons. The topological polar surface area (TPSA) is 135 Å². The van der Waals surface area contributed by atoms with E-state index in [1.807, 2.05) is 0 Å². The highest BCUT2D eigenvalue weighted by atomic mass is 35.5. The summed E-state index contributed by atoms with van der Waals surface area (Å²) >= 11 is 6.46. The molecule has 4 rings (SSSR count). The summed E-state index contributed by atoms with van der Waals surface area (Å²) in [6.07, 6.45) is 2.71. The number of ether oxygens (including phenoxy) is 2. The molecule has 0 spiro atoms. The van der Waals surface area contributed by atoms with Crippen molar-refractivity contribution < 1.29 is 38.2 Å². The van der Waals surface area contributed by atoms with Gasteiger partial charge in [-0.05, 0) is 60.5 Å².